The van der Waals surface area contributed by atoms with E-state index in [1.165, 1.54) is 0 Å². The van der Waals surface area contributed by atoms with Gasteiger partial charge in [0.05, 0.1) is 12.2 Å². The summed E-state index contributed by atoms with van der Waals surface area (Å²) in [5.41, 5.74) is 0. The quantitative estimate of drug-likeness (QED) is 0.662. The lowest BCUT2D eigenvalue weighted by molar-refractivity contribution is -0.0898. The first-order chi connectivity index (χ1) is 6.36. The van der Waals surface area contributed by atoms with Crippen LogP contribution < -0.4 is 0 Å². The van der Waals surface area contributed by atoms with Crippen molar-refractivity contribution in [3.63, 3.8) is 0 Å². The Balaban J connectivity index is 1.83. The third-order valence-corrected chi connectivity index (χ3v) is 3.08. The SMILES string of the molecule is OC1CCOC(C2CCOCC2)C1. The van der Waals surface area contributed by atoms with E-state index >= 15 is 0 Å². The molecule has 2 aliphatic rings. The summed E-state index contributed by atoms with van der Waals surface area (Å²) in [6.45, 7) is 2.45. The van der Waals surface area contributed by atoms with E-state index in [2.05, 4.69) is 0 Å². The van der Waals surface area contributed by atoms with Crippen molar-refractivity contribution in [2.24, 2.45) is 5.92 Å². The Morgan fingerprint density at radius 3 is 2.46 bits per heavy atom. The van der Waals surface area contributed by atoms with Gasteiger partial charge in [0.2, 0.25) is 0 Å². The van der Waals surface area contributed by atoms with Gasteiger partial charge >= 0.3 is 0 Å². The van der Waals surface area contributed by atoms with E-state index in [9.17, 15) is 5.11 Å². The van der Waals surface area contributed by atoms with Gasteiger partial charge in [0.25, 0.3) is 0 Å². The van der Waals surface area contributed by atoms with Gasteiger partial charge in [-0.3, -0.25) is 0 Å². The molecule has 3 heteroatoms. The van der Waals surface area contributed by atoms with Crippen molar-refractivity contribution < 1.29 is 14.6 Å². The van der Waals surface area contributed by atoms with Crippen LogP contribution in [0, 0.1) is 5.92 Å². The molecule has 0 radical (unpaired) electrons. The van der Waals surface area contributed by atoms with E-state index in [0.29, 0.717) is 5.92 Å². The molecule has 76 valence electrons. The number of aliphatic hydroxyl groups is 1. The normalized spacial score (nSPS) is 37.6. The van der Waals surface area contributed by atoms with Crippen LogP contribution >= 0.6 is 0 Å². The first-order valence-corrected chi connectivity index (χ1v) is 5.23. The molecule has 2 heterocycles. The van der Waals surface area contributed by atoms with Crippen molar-refractivity contribution in [2.75, 3.05) is 19.8 Å². The Morgan fingerprint density at radius 2 is 1.77 bits per heavy atom. The fraction of sp³-hybridized carbons (Fsp3) is 1.00. The van der Waals surface area contributed by atoms with Gasteiger partial charge in [-0.25, -0.2) is 0 Å². The summed E-state index contributed by atoms with van der Waals surface area (Å²) in [5.74, 6) is 0.615. The molecular formula is C10H18O3. The van der Waals surface area contributed by atoms with Crippen LogP contribution in [0.15, 0.2) is 0 Å². The third kappa shape index (κ3) is 2.42. The van der Waals surface area contributed by atoms with E-state index in [-0.39, 0.29) is 12.2 Å². The minimum absolute atomic E-state index is 0.137. The Hall–Kier alpha value is -0.120. The van der Waals surface area contributed by atoms with Gasteiger partial charge in [0, 0.05) is 19.8 Å². The summed E-state index contributed by atoms with van der Waals surface area (Å²) in [5, 5.41) is 9.50. The zero-order valence-corrected chi connectivity index (χ0v) is 7.95. The van der Waals surface area contributed by atoms with Crippen molar-refractivity contribution in [2.45, 2.75) is 37.9 Å². The maximum absolute atomic E-state index is 9.50. The highest BCUT2D eigenvalue weighted by molar-refractivity contribution is 4.79. The number of ether oxygens (including phenoxy) is 2. The van der Waals surface area contributed by atoms with E-state index < -0.39 is 0 Å². The van der Waals surface area contributed by atoms with Crippen molar-refractivity contribution in [1.29, 1.82) is 0 Å². The van der Waals surface area contributed by atoms with Crippen LogP contribution in [0.3, 0.4) is 0 Å². The Morgan fingerprint density at radius 1 is 1.00 bits per heavy atom. The average Bonchev–Trinajstić information content (AvgIpc) is 2.19. The molecule has 13 heavy (non-hydrogen) atoms. The minimum atomic E-state index is -0.137. The fourth-order valence-corrected chi connectivity index (χ4v) is 2.23. The highest BCUT2D eigenvalue weighted by Gasteiger charge is 2.29. The molecule has 0 bridgehead atoms. The molecule has 0 aromatic carbocycles. The molecule has 0 amide bonds. The summed E-state index contributed by atoms with van der Waals surface area (Å²) in [4.78, 5) is 0. The largest absolute Gasteiger partial charge is 0.393 e. The Bertz CT molecular complexity index is 154. The second kappa shape index (κ2) is 4.40. The predicted octanol–water partition coefficient (Wildman–Crippen LogP) is 0.953. The van der Waals surface area contributed by atoms with Gasteiger partial charge in [-0.15, -0.1) is 0 Å². The van der Waals surface area contributed by atoms with Crippen LogP contribution in [-0.4, -0.2) is 37.1 Å². The molecule has 2 saturated heterocycles. The first kappa shape index (κ1) is 9.44. The molecule has 2 rings (SSSR count). The fourth-order valence-electron chi connectivity index (χ4n) is 2.23. The average molecular weight is 186 g/mol. The smallest absolute Gasteiger partial charge is 0.0629 e. The highest BCUT2D eigenvalue weighted by atomic mass is 16.5. The van der Waals surface area contributed by atoms with E-state index in [0.717, 1.165) is 45.5 Å². The standard InChI is InChI=1S/C10H18O3/c11-9-3-6-13-10(7-9)8-1-4-12-5-2-8/h8-11H,1-7H2. The minimum Gasteiger partial charge on any atom is -0.393 e. The molecule has 2 unspecified atom stereocenters. The number of aliphatic hydroxyl groups excluding tert-OH is 1. The molecule has 2 atom stereocenters. The van der Waals surface area contributed by atoms with E-state index in [1.54, 1.807) is 0 Å². The van der Waals surface area contributed by atoms with Crippen molar-refractivity contribution in [1.82, 2.24) is 0 Å². The number of rotatable bonds is 1. The second-order valence-electron chi connectivity index (χ2n) is 4.04. The van der Waals surface area contributed by atoms with Crippen LogP contribution in [0.1, 0.15) is 25.7 Å². The van der Waals surface area contributed by atoms with Crippen molar-refractivity contribution >= 4 is 0 Å². The maximum Gasteiger partial charge on any atom is 0.0629 e. The lowest BCUT2D eigenvalue weighted by atomic mass is 9.88. The van der Waals surface area contributed by atoms with Gasteiger partial charge < -0.3 is 14.6 Å². The molecule has 2 aliphatic heterocycles. The highest BCUT2D eigenvalue weighted by Crippen LogP contribution is 2.27. The molecule has 0 aromatic rings. The lowest BCUT2D eigenvalue weighted by Crippen LogP contribution is -2.37. The van der Waals surface area contributed by atoms with Crippen LogP contribution in [-0.2, 0) is 9.47 Å². The molecular weight excluding hydrogens is 168 g/mol. The molecule has 3 nitrogen and oxygen atoms in total. The van der Waals surface area contributed by atoms with Crippen LogP contribution in [0.25, 0.3) is 0 Å². The van der Waals surface area contributed by atoms with Gasteiger partial charge in [-0.05, 0) is 31.6 Å². The Labute approximate surface area is 79.0 Å². The third-order valence-electron chi connectivity index (χ3n) is 3.08. The second-order valence-corrected chi connectivity index (χ2v) is 4.04. The van der Waals surface area contributed by atoms with E-state index in [1.807, 2.05) is 0 Å². The first-order valence-electron chi connectivity index (χ1n) is 5.23. The summed E-state index contributed by atoms with van der Waals surface area (Å²) in [6.07, 6.45) is 3.97. The molecule has 1 N–H and O–H groups in total. The molecule has 0 aromatic heterocycles. The summed E-state index contributed by atoms with van der Waals surface area (Å²) in [6, 6.07) is 0. The van der Waals surface area contributed by atoms with Gasteiger partial charge in [0.15, 0.2) is 0 Å². The monoisotopic (exact) mass is 186 g/mol. The van der Waals surface area contributed by atoms with Crippen LogP contribution in [0.4, 0.5) is 0 Å². The van der Waals surface area contributed by atoms with Gasteiger partial charge in [0.1, 0.15) is 0 Å². The lowest BCUT2D eigenvalue weighted by Gasteiger charge is -2.34. The van der Waals surface area contributed by atoms with Gasteiger partial charge in [-0.1, -0.05) is 0 Å². The predicted molar refractivity (Wildman–Crippen MR) is 48.5 cm³/mol. The summed E-state index contributed by atoms with van der Waals surface area (Å²) < 4.78 is 11.0. The maximum atomic E-state index is 9.50. The molecule has 0 spiro atoms. The topological polar surface area (TPSA) is 38.7 Å². The summed E-state index contributed by atoms with van der Waals surface area (Å²) in [7, 11) is 0. The van der Waals surface area contributed by atoms with Crippen LogP contribution in [0.5, 0.6) is 0 Å². The zero-order valence-electron chi connectivity index (χ0n) is 7.95. The molecule has 2 fully saturated rings. The number of hydrogen-bond acceptors (Lipinski definition) is 3. The van der Waals surface area contributed by atoms with E-state index in [4.69, 9.17) is 9.47 Å². The van der Waals surface area contributed by atoms with Crippen molar-refractivity contribution in [3.05, 3.63) is 0 Å². The van der Waals surface area contributed by atoms with Crippen LogP contribution in [0.2, 0.25) is 0 Å². The van der Waals surface area contributed by atoms with Gasteiger partial charge in [-0.2, -0.15) is 0 Å². The van der Waals surface area contributed by atoms with Crippen molar-refractivity contribution in [3.8, 4) is 0 Å². The number of hydrogen-bond donors (Lipinski definition) is 1. The molecule has 0 saturated carbocycles. The Kier molecular flexibility index (Phi) is 3.19. The molecule has 0 aliphatic carbocycles. The zero-order chi connectivity index (χ0) is 9.10. The summed E-state index contributed by atoms with van der Waals surface area (Å²) >= 11 is 0.